The lowest BCUT2D eigenvalue weighted by Crippen LogP contribution is -2.00. The number of aromatic nitrogens is 4. The number of fused-ring (bicyclic) bond motifs is 3. The van der Waals surface area contributed by atoms with Crippen molar-refractivity contribution in [2.75, 3.05) is 5.32 Å². The predicted molar refractivity (Wildman–Crippen MR) is 122 cm³/mol. The first-order chi connectivity index (χ1) is 14.9. The fourth-order valence-corrected chi connectivity index (χ4v) is 3.88. The van der Waals surface area contributed by atoms with E-state index in [9.17, 15) is 0 Å². The van der Waals surface area contributed by atoms with Crippen molar-refractivity contribution in [1.29, 1.82) is 0 Å². The quantitative estimate of drug-likeness (QED) is 0.387. The Bertz CT molecular complexity index is 1530. The molecule has 6 aromatic rings. The predicted octanol–water partition coefficient (Wildman–Crippen LogP) is 6.07. The zero-order valence-electron chi connectivity index (χ0n) is 16.0. The van der Waals surface area contributed by atoms with Crippen LogP contribution in [0.3, 0.4) is 0 Å². The lowest BCUT2D eigenvalue weighted by atomic mass is 10.0. The maximum absolute atomic E-state index is 4.93. The van der Waals surface area contributed by atoms with Gasteiger partial charge in [0.2, 0.25) is 0 Å². The van der Waals surface area contributed by atoms with Gasteiger partial charge in [-0.1, -0.05) is 66.7 Å². The van der Waals surface area contributed by atoms with E-state index in [-0.39, 0.29) is 0 Å². The Balaban J connectivity index is 1.57. The molecular formula is C25H17N5. The van der Waals surface area contributed by atoms with Crippen LogP contribution < -0.4 is 5.32 Å². The Kier molecular flexibility index (Phi) is 3.71. The molecule has 0 fully saturated rings. The van der Waals surface area contributed by atoms with Gasteiger partial charge in [-0.25, -0.2) is 9.97 Å². The second-order valence-electron chi connectivity index (χ2n) is 7.18. The van der Waals surface area contributed by atoms with Gasteiger partial charge in [-0.15, -0.1) is 0 Å². The number of nitrogens with zero attached hydrogens (tertiary/aromatic N) is 3. The van der Waals surface area contributed by atoms with Gasteiger partial charge in [0.1, 0.15) is 5.82 Å². The van der Waals surface area contributed by atoms with Gasteiger partial charge < -0.3 is 5.32 Å². The molecule has 0 spiro atoms. The second kappa shape index (κ2) is 6.67. The molecule has 6 rings (SSSR count). The largest absolute Gasteiger partial charge is 0.322 e. The Labute approximate surface area is 172 Å². The lowest BCUT2D eigenvalue weighted by Gasteiger charge is -2.11. The molecule has 2 N–H and O–H groups in total. The average Bonchev–Trinajstić information content (AvgIpc) is 3.21. The van der Waals surface area contributed by atoms with Crippen LogP contribution in [0.4, 0.5) is 11.6 Å². The van der Waals surface area contributed by atoms with E-state index in [0.717, 1.165) is 44.4 Å². The Morgan fingerprint density at radius 3 is 2.27 bits per heavy atom. The molecule has 30 heavy (non-hydrogen) atoms. The van der Waals surface area contributed by atoms with Crippen LogP contribution in [0.25, 0.3) is 44.0 Å². The number of hydrogen-bond acceptors (Lipinski definition) is 4. The Morgan fingerprint density at radius 2 is 1.33 bits per heavy atom. The first-order valence-corrected chi connectivity index (χ1v) is 9.82. The number of hydrogen-bond donors (Lipinski definition) is 2. The van der Waals surface area contributed by atoms with Crippen molar-refractivity contribution >= 4 is 44.2 Å². The van der Waals surface area contributed by atoms with Crippen molar-refractivity contribution in [3.05, 3.63) is 91.0 Å². The van der Waals surface area contributed by atoms with E-state index >= 15 is 0 Å². The van der Waals surface area contributed by atoms with Gasteiger partial charge in [0, 0.05) is 16.3 Å². The molecule has 0 radical (unpaired) electrons. The molecule has 0 saturated heterocycles. The summed E-state index contributed by atoms with van der Waals surface area (Å²) in [4.78, 5) is 9.80. The third kappa shape index (κ3) is 2.68. The summed E-state index contributed by atoms with van der Waals surface area (Å²) in [7, 11) is 0. The van der Waals surface area contributed by atoms with Gasteiger partial charge in [0.05, 0.1) is 11.0 Å². The summed E-state index contributed by atoms with van der Waals surface area (Å²) < 4.78 is 0. The standard InChI is InChI=1S/C25H17N5/c1-2-10-17-16(8-1)9-7-13-18(17)23-26-21-14-5-3-11-19(21)24(27-23)28-25-20-12-4-6-15-22(20)29-30-25/h1-15H,(H2,26,27,28,29,30). The Hall–Kier alpha value is -4.25. The van der Waals surface area contributed by atoms with E-state index in [1.165, 1.54) is 5.39 Å². The molecule has 0 aliphatic rings. The van der Waals surface area contributed by atoms with Crippen molar-refractivity contribution in [3.63, 3.8) is 0 Å². The lowest BCUT2D eigenvalue weighted by molar-refractivity contribution is 1.11. The van der Waals surface area contributed by atoms with Gasteiger partial charge in [-0.05, 0) is 35.0 Å². The van der Waals surface area contributed by atoms with Gasteiger partial charge in [0.25, 0.3) is 0 Å². The number of anilines is 2. The molecule has 5 nitrogen and oxygen atoms in total. The van der Waals surface area contributed by atoms with Crippen molar-refractivity contribution in [1.82, 2.24) is 20.2 Å². The van der Waals surface area contributed by atoms with E-state index in [0.29, 0.717) is 5.82 Å². The molecule has 0 amide bonds. The van der Waals surface area contributed by atoms with E-state index in [2.05, 4.69) is 39.8 Å². The van der Waals surface area contributed by atoms with Crippen LogP contribution in [-0.4, -0.2) is 20.2 Å². The van der Waals surface area contributed by atoms with Gasteiger partial charge in [0.15, 0.2) is 11.6 Å². The summed E-state index contributed by atoms with van der Waals surface area (Å²) in [5.41, 5.74) is 2.87. The molecule has 0 unspecified atom stereocenters. The number of aromatic amines is 1. The third-order valence-corrected chi connectivity index (χ3v) is 5.34. The van der Waals surface area contributed by atoms with Crippen LogP contribution in [0.1, 0.15) is 0 Å². The normalized spacial score (nSPS) is 11.3. The maximum Gasteiger partial charge on any atom is 0.162 e. The van der Waals surface area contributed by atoms with E-state index in [4.69, 9.17) is 9.97 Å². The molecule has 0 atom stereocenters. The second-order valence-corrected chi connectivity index (χ2v) is 7.18. The maximum atomic E-state index is 4.93. The molecule has 0 aliphatic carbocycles. The molecule has 0 bridgehead atoms. The smallest absolute Gasteiger partial charge is 0.162 e. The molecule has 2 aromatic heterocycles. The van der Waals surface area contributed by atoms with Gasteiger partial charge >= 0.3 is 0 Å². The number of para-hydroxylation sites is 2. The summed E-state index contributed by atoms with van der Waals surface area (Å²) in [6, 6.07) is 30.6. The summed E-state index contributed by atoms with van der Waals surface area (Å²) in [5.74, 6) is 2.17. The van der Waals surface area contributed by atoms with Crippen molar-refractivity contribution < 1.29 is 0 Å². The first-order valence-electron chi connectivity index (χ1n) is 9.82. The number of benzene rings is 4. The molecule has 5 heteroatoms. The Morgan fingerprint density at radius 1 is 0.600 bits per heavy atom. The van der Waals surface area contributed by atoms with Crippen LogP contribution in [0.2, 0.25) is 0 Å². The minimum absolute atomic E-state index is 0.688. The molecular weight excluding hydrogens is 370 g/mol. The summed E-state index contributed by atoms with van der Waals surface area (Å²) in [5, 5.41) is 15.2. The highest BCUT2D eigenvalue weighted by atomic mass is 15.2. The molecule has 142 valence electrons. The SMILES string of the molecule is c1ccc2c(-c3nc(Nc4n[nH]c5ccccc45)c4ccccc4n3)cccc2c1. The first kappa shape index (κ1) is 16.7. The molecule has 0 saturated carbocycles. The van der Waals surface area contributed by atoms with Crippen LogP contribution in [0.15, 0.2) is 91.0 Å². The minimum Gasteiger partial charge on any atom is -0.322 e. The van der Waals surface area contributed by atoms with Gasteiger partial charge in [-0.2, -0.15) is 5.10 Å². The van der Waals surface area contributed by atoms with Crippen LogP contribution in [0, 0.1) is 0 Å². The third-order valence-electron chi connectivity index (χ3n) is 5.34. The zero-order valence-corrected chi connectivity index (χ0v) is 16.0. The minimum atomic E-state index is 0.688. The molecule has 4 aromatic carbocycles. The molecule has 2 heterocycles. The monoisotopic (exact) mass is 387 g/mol. The van der Waals surface area contributed by atoms with E-state index < -0.39 is 0 Å². The van der Waals surface area contributed by atoms with Crippen LogP contribution in [-0.2, 0) is 0 Å². The van der Waals surface area contributed by atoms with Crippen LogP contribution >= 0.6 is 0 Å². The summed E-state index contributed by atoms with van der Waals surface area (Å²) in [6.45, 7) is 0. The van der Waals surface area contributed by atoms with Crippen molar-refractivity contribution in [3.8, 4) is 11.4 Å². The van der Waals surface area contributed by atoms with Crippen LogP contribution in [0.5, 0.6) is 0 Å². The number of H-pyrrole nitrogens is 1. The fourth-order valence-electron chi connectivity index (χ4n) is 3.88. The number of rotatable bonds is 3. The highest BCUT2D eigenvalue weighted by Crippen LogP contribution is 2.32. The number of nitrogens with one attached hydrogen (secondary N) is 2. The fraction of sp³-hybridized carbons (Fsp3) is 0. The molecule has 0 aliphatic heterocycles. The van der Waals surface area contributed by atoms with Crippen molar-refractivity contribution in [2.24, 2.45) is 0 Å². The van der Waals surface area contributed by atoms with Crippen molar-refractivity contribution in [2.45, 2.75) is 0 Å². The average molecular weight is 387 g/mol. The highest BCUT2D eigenvalue weighted by Gasteiger charge is 2.14. The summed E-state index contributed by atoms with van der Waals surface area (Å²) >= 11 is 0. The summed E-state index contributed by atoms with van der Waals surface area (Å²) in [6.07, 6.45) is 0. The highest BCUT2D eigenvalue weighted by molar-refractivity contribution is 5.99. The van der Waals surface area contributed by atoms with Gasteiger partial charge in [-0.3, -0.25) is 5.10 Å². The van der Waals surface area contributed by atoms with E-state index in [1.54, 1.807) is 0 Å². The van der Waals surface area contributed by atoms with E-state index in [1.807, 2.05) is 66.7 Å². The topological polar surface area (TPSA) is 66.5 Å². The zero-order chi connectivity index (χ0) is 19.9.